The minimum Gasteiger partial charge on any atom is -0.390 e. The van der Waals surface area contributed by atoms with Crippen molar-refractivity contribution in [2.45, 2.75) is 70.1 Å². The number of nitrogens with zero attached hydrogens (tertiary/aromatic N) is 1. The lowest BCUT2D eigenvalue weighted by Gasteiger charge is -2.28. The summed E-state index contributed by atoms with van der Waals surface area (Å²) < 4.78 is 18.6. The van der Waals surface area contributed by atoms with Crippen LogP contribution in [0.25, 0.3) is 11.3 Å². The maximum atomic E-state index is 13.2. The maximum absolute atomic E-state index is 13.2. The largest absolute Gasteiger partial charge is 0.390 e. The normalized spacial score (nSPS) is 15.6. The molecule has 5 rings (SSSR count). The average molecular weight is 571 g/mol. The number of amides is 1. The average Bonchev–Trinajstić information content (AvgIpc) is 3.62. The molecule has 7 nitrogen and oxygen atoms in total. The summed E-state index contributed by atoms with van der Waals surface area (Å²) in [4.78, 5) is 12.0. The van der Waals surface area contributed by atoms with Crippen LogP contribution in [-0.2, 0) is 22.2 Å². The SMILES string of the molecule is CC(=O)N[C@@H](Cc1ccc(Nc2cc(-c3ccc(F)cc3)on2)cc1)[C@@H](O)CNC1(c2cccc(C(C)(C)C)c2)CC1. The number of halogens is 1. The number of hydrogen-bond donors (Lipinski definition) is 4. The maximum Gasteiger partial charge on any atom is 0.217 e. The van der Waals surface area contributed by atoms with E-state index in [-0.39, 0.29) is 22.7 Å². The lowest BCUT2D eigenvalue weighted by atomic mass is 9.85. The molecule has 1 heterocycles. The fourth-order valence-electron chi connectivity index (χ4n) is 5.17. The molecule has 3 aromatic carbocycles. The Morgan fingerprint density at radius 2 is 1.76 bits per heavy atom. The third kappa shape index (κ3) is 7.24. The van der Waals surface area contributed by atoms with Crippen molar-refractivity contribution in [2.75, 3.05) is 11.9 Å². The summed E-state index contributed by atoms with van der Waals surface area (Å²) in [7, 11) is 0. The Morgan fingerprint density at radius 3 is 2.40 bits per heavy atom. The zero-order valence-electron chi connectivity index (χ0n) is 24.6. The van der Waals surface area contributed by atoms with Gasteiger partial charge in [-0.3, -0.25) is 4.79 Å². The summed E-state index contributed by atoms with van der Waals surface area (Å²) in [6.07, 6.45) is 1.75. The highest BCUT2D eigenvalue weighted by Gasteiger charge is 2.44. The van der Waals surface area contributed by atoms with E-state index in [9.17, 15) is 14.3 Å². The lowest BCUT2D eigenvalue weighted by molar-refractivity contribution is -0.120. The molecule has 1 aromatic heterocycles. The Bertz CT molecular complexity index is 1510. The Labute approximate surface area is 246 Å². The van der Waals surface area contributed by atoms with Gasteiger partial charge in [0.1, 0.15) is 5.82 Å². The quantitative estimate of drug-likeness (QED) is 0.171. The van der Waals surface area contributed by atoms with Gasteiger partial charge < -0.3 is 25.6 Å². The number of carbonyl (C=O) groups is 1. The van der Waals surface area contributed by atoms with E-state index in [1.807, 2.05) is 24.3 Å². The van der Waals surface area contributed by atoms with Gasteiger partial charge in [0.25, 0.3) is 0 Å². The van der Waals surface area contributed by atoms with Crippen LogP contribution in [0.5, 0.6) is 0 Å². The Balaban J connectivity index is 1.20. The molecule has 220 valence electrons. The van der Waals surface area contributed by atoms with E-state index in [2.05, 4.69) is 66.1 Å². The first-order valence-corrected chi connectivity index (χ1v) is 14.4. The number of aromatic nitrogens is 1. The van der Waals surface area contributed by atoms with Gasteiger partial charge in [0, 0.05) is 36.3 Å². The number of benzene rings is 3. The number of aliphatic hydroxyl groups is 1. The van der Waals surface area contributed by atoms with Crippen molar-refractivity contribution in [3.05, 3.63) is 101 Å². The molecule has 4 aromatic rings. The number of nitrogens with one attached hydrogen (secondary N) is 3. The Kier molecular flexibility index (Phi) is 8.48. The minimum absolute atomic E-state index is 0.0646. The number of anilines is 2. The predicted octanol–water partition coefficient (Wildman–Crippen LogP) is 6.21. The van der Waals surface area contributed by atoms with Gasteiger partial charge in [0.2, 0.25) is 5.91 Å². The van der Waals surface area contributed by atoms with E-state index < -0.39 is 12.1 Å². The number of carbonyl (C=O) groups excluding carboxylic acids is 1. The highest BCUT2D eigenvalue weighted by Crippen LogP contribution is 2.46. The second-order valence-electron chi connectivity index (χ2n) is 12.3. The number of rotatable bonds is 11. The van der Waals surface area contributed by atoms with Gasteiger partial charge in [-0.15, -0.1) is 0 Å². The number of aliphatic hydroxyl groups excluding tert-OH is 1. The highest BCUT2D eigenvalue weighted by molar-refractivity contribution is 5.73. The lowest BCUT2D eigenvalue weighted by Crippen LogP contribution is -2.49. The third-order valence-corrected chi connectivity index (χ3v) is 7.85. The molecule has 0 bridgehead atoms. The van der Waals surface area contributed by atoms with Crippen molar-refractivity contribution in [2.24, 2.45) is 0 Å². The monoisotopic (exact) mass is 570 g/mol. The van der Waals surface area contributed by atoms with E-state index in [1.165, 1.54) is 30.2 Å². The molecule has 0 aliphatic heterocycles. The van der Waals surface area contributed by atoms with Gasteiger partial charge in [-0.2, -0.15) is 0 Å². The molecule has 1 fully saturated rings. The van der Waals surface area contributed by atoms with Crippen molar-refractivity contribution < 1.29 is 18.8 Å². The van der Waals surface area contributed by atoms with Crippen LogP contribution >= 0.6 is 0 Å². The third-order valence-electron chi connectivity index (χ3n) is 7.85. The smallest absolute Gasteiger partial charge is 0.217 e. The molecule has 8 heteroatoms. The first kappa shape index (κ1) is 29.5. The molecule has 1 aliphatic rings. The van der Waals surface area contributed by atoms with Crippen LogP contribution in [0.3, 0.4) is 0 Å². The molecule has 0 radical (unpaired) electrons. The topological polar surface area (TPSA) is 99.4 Å². The van der Waals surface area contributed by atoms with Crippen LogP contribution in [0, 0.1) is 5.82 Å². The molecule has 0 saturated heterocycles. The van der Waals surface area contributed by atoms with Crippen molar-refractivity contribution in [1.29, 1.82) is 0 Å². The standard InChI is InChI=1S/C34H39FN4O3/c1-22(40)37-29(30(41)21-36-34(16-17-34)26-7-5-6-25(19-26)33(2,3)4)18-23-8-14-28(15-9-23)38-32-20-31(42-39-32)24-10-12-27(35)13-11-24/h5-15,19-20,29-30,36,41H,16-18,21H2,1-4H3,(H,37,40)(H,38,39)/t29-,30-/m0/s1. The van der Waals surface area contributed by atoms with Gasteiger partial charge in [-0.25, -0.2) is 4.39 Å². The van der Waals surface area contributed by atoms with Crippen molar-refractivity contribution in [3.8, 4) is 11.3 Å². The van der Waals surface area contributed by atoms with Gasteiger partial charge >= 0.3 is 0 Å². The predicted molar refractivity (Wildman–Crippen MR) is 163 cm³/mol. The first-order valence-electron chi connectivity index (χ1n) is 14.4. The summed E-state index contributed by atoms with van der Waals surface area (Å²) in [6.45, 7) is 8.48. The molecule has 2 atom stereocenters. The second-order valence-corrected chi connectivity index (χ2v) is 12.3. The van der Waals surface area contributed by atoms with Gasteiger partial charge in [0.15, 0.2) is 11.6 Å². The van der Waals surface area contributed by atoms with Crippen LogP contribution in [-0.4, -0.2) is 34.9 Å². The van der Waals surface area contributed by atoms with Gasteiger partial charge in [-0.05, 0) is 77.8 Å². The van der Waals surface area contributed by atoms with Crippen LogP contribution in [0.15, 0.2) is 83.4 Å². The molecule has 1 saturated carbocycles. The molecule has 1 aliphatic carbocycles. The Morgan fingerprint density at radius 1 is 1.05 bits per heavy atom. The zero-order valence-corrected chi connectivity index (χ0v) is 24.6. The fourth-order valence-corrected chi connectivity index (χ4v) is 5.17. The summed E-state index contributed by atoms with van der Waals surface area (Å²) in [5.41, 5.74) is 4.99. The molecular formula is C34H39FN4O3. The van der Waals surface area contributed by atoms with Gasteiger partial charge in [0.05, 0.1) is 12.1 Å². The molecular weight excluding hydrogens is 531 g/mol. The fraction of sp³-hybridized carbons (Fsp3) is 0.353. The molecule has 42 heavy (non-hydrogen) atoms. The zero-order chi connectivity index (χ0) is 29.9. The van der Waals surface area contributed by atoms with Crippen LogP contribution < -0.4 is 16.0 Å². The van der Waals surface area contributed by atoms with Crippen molar-refractivity contribution >= 4 is 17.4 Å². The van der Waals surface area contributed by atoms with E-state index in [4.69, 9.17) is 4.52 Å². The second kappa shape index (κ2) is 12.1. The van der Waals surface area contributed by atoms with E-state index >= 15 is 0 Å². The number of hydrogen-bond acceptors (Lipinski definition) is 6. The van der Waals surface area contributed by atoms with Crippen LogP contribution in [0.2, 0.25) is 0 Å². The van der Waals surface area contributed by atoms with Crippen LogP contribution in [0.4, 0.5) is 15.9 Å². The van der Waals surface area contributed by atoms with Crippen molar-refractivity contribution in [3.63, 3.8) is 0 Å². The summed E-state index contributed by atoms with van der Waals surface area (Å²) in [5, 5.41) is 25.0. The van der Waals surface area contributed by atoms with Gasteiger partial charge in [-0.1, -0.05) is 62.3 Å². The summed E-state index contributed by atoms with van der Waals surface area (Å²) in [5.74, 6) is 0.570. The van der Waals surface area contributed by atoms with E-state index in [0.717, 1.165) is 29.7 Å². The van der Waals surface area contributed by atoms with E-state index in [0.29, 0.717) is 24.5 Å². The van der Waals surface area contributed by atoms with Crippen molar-refractivity contribution in [1.82, 2.24) is 15.8 Å². The minimum atomic E-state index is -0.769. The molecule has 0 unspecified atom stereocenters. The summed E-state index contributed by atoms with van der Waals surface area (Å²) in [6, 6.07) is 23.8. The highest BCUT2D eigenvalue weighted by atomic mass is 19.1. The molecule has 1 amide bonds. The summed E-state index contributed by atoms with van der Waals surface area (Å²) >= 11 is 0. The first-order chi connectivity index (χ1) is 20.0. The molecule has 4 N–H and O–H groups in total. The van der Waals surface area contributed by atoms with Crippen LogP contribution in [0.1, 0.15) is 57.2 Å². The van der Waals surface area contributed by atoms with E-state index in [1.54, 1.807) is 18.2 Å². The molecule has 0 spiro atoms. The Hall–Kier alpha value is -4.01.